The Labute approximate surface area is 159 Å². The van der Waals surface area contributed by atoms with Crippen LogP contribution < -0.4 is 10.6 Å². The van der Waals surface area contributed by atoms with Crippen molar-refractivity contribution in [3.05, 3.63) is 79.9 Å². The lowest BCUT2D eigenvalue weighted by Gasteiger charge is -2.09. The van der Waals surface area contributed by atoms with Crippen LogP contribution in [0.3, 0.4) is 0 Å². The number of rotatable bonds is 5. The van der Waals surface area contributed by atoms with Crippen LogP contribution in [-0.4, -0.2) is 20.9 Å². The van der Waals surface area contributed by atoms with E-state index in [2.05, 4.69) is 10.6 Å². The Bertz CT molecular complexity index is 958. The molecule has 0 radical (unpaired) electrons. The zero-order chi connectivity index (χ0) is 20.0. The highest BCUT2D eigenvalue weighted by Crippen LogP contribution is 2.25. The first-order valence-corrected chi connectivity index (χ1v) is 7.96. The Hall–Kier alpha value is -3.66. The van der Waals surface area contributed by atoms with E-state index < -0.39 is 15.8 Å². The van der Waals surface area contributed by atoms with Gasteiger partial charge in [-0.15, -0.1) is 0 Å². The van der Waals surface area contributed by atoms with Gasteiger partial charge in [-0.25, -0.2) is 0 Å². The molecule has 0 heterocycles. The number of hydrogen-bond acceptors (Lipinski definition) is 6. The van der Waals surface area contributed by atoms with E-state index in [0.717, 1.165) is 6.08 Å². The summed E-state index contributed by atoms with van der Waals surface area (Å²) in [6.07, 6.45) is 2.54. The van der Waals surface area contributed by atoms with Gasteiger partial charge in [0.1, 0.15) is 5.69 Å². The summed E-state index contributed by atoms with van der Waals surface area (Å²) in [4.78, 5) is 32.6. The second-order valence-corrected chi connectivity index (χ2v) is 5.81. The summed E-state index contributed by atoms with van der Waals surface area (Å²) in [7, 11) is 0. The lowest BCUT2D eigenvalue weighted by molar-refractivity contribution is -0.384. The van der Waals surface area contributed by atoms with Gasteiger partial charge in [0, 0.05) is 24.3 Å². The van der Waals surface area contributed by atoms with Crippen molar-refractivity contribution in [3.8, 4) is 0 Å². The molecule has 2 aromatic rings. The minimum Gasteiger partial charge on any atom is -0.327 e. The average Bonchev–Trinajstić information content (AvgIpc) is 2.61. The van der Waals surface area contributed by atoms with Gasteiger partial charge in [0.15, 0.2) is 5.11 Å². The molecule has 0 fully saturated rings. The van der Waals surface area contributed by atoms with E-state index in [4.69, 9.17) is 12.2 Å². The van der Waals surface area contributed by atoms with Crippen molar-refractivity contribution in [3.63, 3.8) is 0 Å². The van der Waals surface area contributed by atoms with Crippen LogP contribution in [-0.2, 0) is 4.79 Å². The van der Waals surface area contributed by atoms with Crippen LogP contribution in [0.15, 0.2) is 48.5 Å². The van der Waals surface area contributed by atoms with Gasteiger partial charge in [-0.1, -0.05) is 18.2 Å². The van der Waals surface area contributed by atoms with Crippen molar-refractivity contribution in [1.29, 1.82) is 0 Å². The largest absolute Gasteiger partial charge is 0.327 e. The summed E-state index contributed by atoms with van der Waals surface area (Å²) in [5.41, 5.74) is 1.06. The molecule has 0 spiro atoms. The van der Waals surface area contributed by atoms with Crippen molar-refractivity contribution in [2.75, 3.05) is 5.32 Å². The number of nitrogens with zero attached hydrogens (tertiary/aromatic N) is 2. The van der Waals surface area contributed by atoms with E-state index >= 15 is 0 Å². The van der Waals surface area contributed by atoms with E-state index in [0.29, 0.717) is 11.1 Å². The third kappa shape index (κ3) is 5.68. The summed E-state index contributed by atoms with van der Waals surface area (Å²) in [6, 6.07) is 10.3. The SMILES string of the molecule is Cc1ccc(NC(=S)NC(=O)/C=C/c2cccc([N+](=O)[O-])c2)c([N+](=O)[O-])c1. The van der Waals surface area contributed by atoms with Gasteiger partial charge in [0.05, 0.1) is 9.85 Å². The van der Waals surface area contributed by atoms with E-state index in [1.54, 1.807) is 19.1 Å². The van der Waals surface area contributed by atoms with Crippen molar-refractivity contribution in [2.24, 2.45) is 0 Å². The van der Waals surface area contributed by atoms with Crippen LogP contribution in [0.25, 0.3) is 6.08 Å². The average molecular weight is 386 g/mol. The molecular formula is C17H14N4O5S. The summed E-state index contributed by atoms with van der Waals surface area (Å²) >= 11 is 4.99. The number of nitro benzene ring substituents is 2. The molecule has 9 nitrogen and oxygen atoms in total. The van der Waals surface area contributed by atoms with Gasteiger partial charge < -0.3 is 5.32 Å². The molecule has 1 amide bonds. The van der Waals surface area contributed by atoms with E-state index in [1.165, 1.54) is 36.4 Å². The maximum atomic E-state index is 11.9. The number of amides is 1. The molecule has 2 N–H and O–H groups in total. The molecule has 27 heavy (non-hydrogen) atoms. The molecule has 138 valence electrons. The fourth-order valence-electron chi connectivity index (χ4n) is 2.12. The normalized spacial score (nSPS) is 10.4. The van der Waals surface area contributed by atoms with Crippen molar-refractivity contribution in [2.45, 2.75) is 6.92 Å². The monoisotopic (exact) mass is 386 g/mol. The van der Waals surface area contributed by atoms with Crippen LogP contribution in [0.4, 0.5) is 17.1 Å². The number of hydrogen-bond donors (Lipinski definition) is 2. The quantitative estimate of drug-likeness (QED) is 0.349. The smallest absolute Gasteiger partial charge is 0.292 e. The van der Waals surface area contributed by atoms with Crippen LogP contribution in [0.1, 0.15) is 11.1 Å². The minimum absolute atomic E-state index is 0.0959. The highest BCUT2D eigenvalue weighted by molar-refractivity contribution is 7.80. The van der Waals surface area contributed by atoms with Crippen LogP contribution in [0.5, 0.6) is 0 Å². The molecule has 2 rings (SSSR count). The molecule has 0 aliphatic carbocycles. The lowest BCUT2D eigenvalue weighted by Crippen LogP contribution is -2.33. The zero-order valence-corrected chi connectivity index (χ0v) is 14.9. The van der Waals surface area contributed by atoms with Crippen LogP contribution in [0, 0.1) is 27.2 Å². The number of thiocarbonyl (C=S) groups is 1. The Kier molecular flexibility index (Phi) is 6.28. The number of benzene rings is 2. The predicted octanol–water partition coefficient (Wildman–Crippen LogP) is 3.34. The number of carbonyl (C=O) groups is 1. The topological polar surface area (TPSA) is 127 Å². The van der Waals surface area contributed by atoms with Crippen LogP contribution >= 0.6 is 12.2 Å². The number of non-ortho nitro benzene ring substituents is 1. The minimum atomic E-state index is -0.589. The maximum absolute atomic E-state index is 11.9. The molecule has 0 saturated carbocycles. The van der Waals surface area contributed by atoms with Gasteiger partial charge in [-0.3, -0.25) is 30.3 Å². The Balaban J connectivity index is 2.02. The first kappa shape index (κ1) is 19.7. The highest BCUT2D eigenvalue weighted by atomic mass is 32.1. The molecule has 0 aliphatic rings. The van der Waals surface area contributed by atoms with Crippen molar-refractivity contribution >= 4 is 46.4 Å². The van der Waals surface area contributed by atoms with Gasteiger partial charge in [-0.05, 0) is 42.4 Å². The third-order valence-electron chi connectivity index (χ3n) is 3.34. The van der Waals surface area contributed by atoms with Gasteiger partial charge >= 0.3 is 0 Å². The number of aryl methyl sites for hydroxylation is 1. The van der Waals surface area contributed by atoms with E-state index in [-0.39, 0.29) is 22.2 Å². The van der Waals surface area contributed by atoms with Gasteiger partial charge in [0.2, 0.25) is 5.91 Å². The molecule has 0 saturated heterocycles. The summed E-state index contributed by atoms with van der Waals surface area (Å²) in [6.45, 7) is 1.72. The number of nitro groups is 2. The number of anilines is 1. The molecule has 0 unspecified atom stereocenters. The standard InChI is InChI=1S/C17H14N4O5S/c1-11-5-7-14(15(9-11)21(25)26)18-17(27)19-16(22)8-6-12-3-2-4-13(10-12)20(23)24/h2-10H,1H3,(H2,18,19,22,27)/b8-6+. The van der Waals surface area contributed by atoms with E-state index in [9.17, 15) is 25.0 Å². The molecule has 10 heteroatoms. The Morgan fingerprint density at radius 1 is 1.11 bits per heavy atom. The summed E-state index contributed by atoms with van der Waals surface area (Å²) in [5.74, 6) is -0.589. The Morgan fingerprint density at radius 3 is 2.52 bits per heavy atom. The fraction of sp³-hybridized carbons (Fsp3) is 0.0588. The summed E-state index contributed by atoms with van der Waals surface area (Å²) < 4.78 is 0. The van der Waals surface area contributed by atoms with Gasteiger partial charge in [0.25, 0.3) is 11.4 Å². The third-order valence-corrected chi connectivity index (χ3v) is 3.55. The molecule has 2 aromatic carbocycles. The molecular weight excluding hydrogens is 372 g/mol. The zero-order valence-electron chi connectivity index (χ0n) is 14.0. The second-order valence-electron chi connectivity index (χ2n) is 5.41. The molecule has 0 aromatic heterocycles. The first-order valence-electron chi connectivity index (χ1n) is 7.56. The predicted molar refractivity (Wildman–Crippen MR) is 104 cm³/mol. The van der Waals surface area contributed by atoms with Crippen molar-refractivity contribution < 1.29 is 14.6 Å². The Morgan fingerprint density at radius 2 is 1.85 bits per heavy atom. The lowest BCUT2D eigenvalue weighted by atomic mass is 10.2. The maximum Gasteiger partial charge on any atom is 0.292 e. The second kappa shape index (κ2) is 8.63. The molecule has 0 aliphatic heterocycles. The molecule has 0 bridgehead atoms. The summed E-state index contributed by atoms with van der Waals surface area (Å²) in [5, 5.41) is 26.7. The van der Waals surface area contributed by atoms with Crippen molar-refractivity contribution in [1.82, 2.24) is 5.32 Å². The number of carbonyl (C=O) groups excluding carboxylic acids is 1. The molecule has 0 atom stereocenters. The van der Waals surface area contributed by atoms with Gasteiger partial charge in [-0.2, -0.15) is 0 Å². The highest BCUT2D eigenvalue weighted by Gasteiger charge is 2.15. The van der Waals surface area contributed by atoms with Crippen LogP contribution in [0.2, 0.25) is 0 Å². The first-order chi connectivity index (χ1) is 12.8. The fourth-order valence-corrected chi connectivity index (χ4v) is 2.33. The van der Waals surface area contributed by atoms with E-state index in [1.807, 2.05) is 0 Å². The number of nitrogens with one attached hydrogen (secondary N) is 2.